The van der Waals surface area contributed by atoms with Crippen molar-refractivity contribution >= 4 is 38.6 Å². The van der Waals surface area contributed by atoms with Gasteiger partial charge in [0, 0.05) is 16.8 Å². The van der Waals surface area contributed by atoms with E-state index in [1.54, 1.807) is 0 Å². The Kier molecular flexibility index (Phi) is 5.98. The van der Waals surface area contributed by atoms with E-state index < -0.39 is 5.41 Å². The predicted octanol–water partition coefficient (Wildman–Crippen LogP) is 13.7. The summed E-state index contributed by atoms with van der Waals surface area (Å²) in [6.45, 7) is 0. The number of rotatable bonds is 3. The summed E-state index contributed by atoms with van der Waals surface area (Å²) in [5.74, 6) is 2.82. The highest BCUT2D eigenvalue weighted by Gasteiger charge is 2.52. The lowest BCUT2D eigenvalue weighted by Gasteiger charge is -2.31. The van der Waals surface area contributed by atoms with Crippen LogP contribution < -0.4 is 14.4 Å². The molecule has 0 radical (unpaired) electrons. The Labute approximate surface area is 312 Å². The average molecular weight is 690 g/mol. The highest BCUT2D eigenvalue weighted by atomic mass is 16.6. The maximum atomic E-state index is 6.97. The van der Waals surface area contributed by atoms with E-state index in [-0.39, 0.29) is 0 Å². The summed E-state index contributed by atoms with van der Waals surface area (Å²) >= 11 is 0. The quantitative estimate of drug-likeness (QED) is 0.184. The van der Waals surface area contributed by atoms with Gasteiger partial charge in [-0.2, -0.15) is 0 Å². The number of benzene rings is 9. The van der Waals surface area contributed by atoms with Gasteiger partial charge >= 0.3 is 0 Å². The zero-order valence-corrected chi connectivity index (χ0v) is 29.2. The van der Waals surface area contributed by atoms with E-state index in [0.29, 0.717) is 17.2 Å². The molecular formula is C51H31NO2. The fourth-order valence-corrected chi connectivity index (χ4v) is 9.51. The van der Waals surface area contributed by atoms with Crippen LogP contribution in [0.15, 0.2) is 188 Å². The molecule has 9 aromatic rings. The SMILES string of the molecule is c1ccc2c(c1)-c1ccccc1C21c2ccccc2-c2cc3c(cc21)Oc1cc(N(c2cccc4ccccc24)c2cccc4ccccc24)ccc1O3. The van der Waals surface area contributed by atoms with Crippen LogP contribution in [0.5, 0.6) is 23.0 Å². The Morgan fingerprint density at radius 2 is 0.796 bits per heavy atom. The van der Waals surface area contributed by atoms with E-state index >= 15 is 0 Å². The fourth-order valence-electron chi connectivity index (χ4n) is 9.51. The summed E-state index contributed by atoms with van der Waals surface area (Å²) in [6.07, 6.45) is 0. The lowest BCUT2D eigenvalue weighted by molar-refractivity contribution is 0.359. The molecule has 1 spiro atoms. The van der Waals surface area contributed by atoms with Crippen LogP contribution in [0.1, 0.15) is 22.3 Å². The predicted molar refractivity (Wildman–Crippen MR) is 219 cm³/mol. The van der Waals surface area contributed by atoms with E-state index in [9.17, 15) is 0 Å². The first-order valence-corrected chi connectivity index (χ1v) is 18.5. The second-order valence-electron chi connectivity index (χ2n) is 14.4. The first-order chi connectivity index (χ1) is 26.8. The molecule has 0 N–H and O–H groups in total. The van der Waals surface area contributed by atoms with E-state index in [1.807, 2.05) is 6.07 Å². The van der Waals surface area contributed by atoms with Crippen LogP contribution in [0.2, 0.25) is 0 Å². The van der Waals surface area contributed by atoms with Gasteiger partial charge in [0.15, 0.2) is 23.0 Å². The third-order valence-electron chi connectivity index (χ3n) is 11.7. The van der Waals surface area contributed by atoms with Crippen LogP contribution in [-0.4, -0.2) is 0 Å². The normalized spacial score (nSPS) is 13.6. The van der Waals surface area contributed by atoms with Crippen molar-refractivity contribution < 1.29 is 9.47 Å². The molecule has 0 unspecified atom stereocenters. The molecule has 0 aromatic heterocycles. The molecule has 1 heterocycles. The Morgan fingerprint density at radius 1 is 0.333 bits per heavy atom. The monoisotopic (exact) mass is 689 g/mol. The number of fused-ring (bicyclic) bond motifs is 14. The van der Waals surface area contributed by atoms with E-state index in [4.69, 9.17) is 9.47 Å². The summed E-state index contributed by atoms with van der Waals surface area (Å²) in [5, 5.41) is 4.72. The van der Waals surface area contributed by atoms with Crippen molar-refractivity contribution in [3.63, 3.8) is 0 Å². The van der Waals surface area contributed by atoms with Gasteiger partial charge in [-0.05, 0) is 91.7 Å². The fraction of sp³-hybridized carbons (Fsp3) is 0.0196. The van der Waals surface area contributed by atoms with Crippen LogP contribution >= 0.6 is 0 Å². The van der Waals surface area contributed by atoms with Crippen molar-refractivity contribution in [2.24, 2.45) is 0 Å². The third kappa shape index (κ3) is 3.90. The minimum Gasteiger partial charge on any atom is -0.449 e. The van der Waals surface area contributed by atoms with Crippen molar-refractivity contribution in [1.29, 1.82) is 0 Å². The molecule has 0 atom stereocenters. The Morgan fingerprint density at radius 3 is 1.41 bits per heavy atom. The lowest BCUT2D eigenvalue weighted by Crippen LogP contribution is -2.25. The number of nitrogens with zero attached hydrogens (tertiary/aromatic N) is 1. The Bertz CT molecular complexity index is 2900. The Hall–Kier alpha value is -7.10. The van der Waals surface area contributed by atoms with Crippen LogP contribution in [0.25, 0.3) is 43.8 Å². The van der Waals surface area contributed by atoms with Crippen molar-refractivity contribution in [3.8, 4) is 45.3 Å². The highest BCUT2D eigenvalue weighted by molar-refractivity contribution is 6.05. The van der Waals surface area contributed by atoms with E-state index in [0.717, 1.165) is 22.8 Å². The second kappa shape index (κ2) is 11.0. The molecular weight excluding hydrogens is 659 g/mol. The summed E-state index contributed by atoms with van der Waals surface area (Å²) in [5.41, 5.74) is 12.8. The standard InChI is InChI=1S/C51H31NO2/c1-3-17-35-32(13-1)15-11-25-45(35)52(46-26-12-16-33-14-2-4-18-36(33)46)34-27-28-47-48(29-34)54-50-31-44-40(30-49(50)53-47)39-21-7-10-24-43(39)51(44)41-22-8-5-19-37(41)38-20-6-9-23-42(38)51/h1-31H. The van der Waals surface area contributed by atoms with Gasteiger partial charge in [0.2, 0.25) is 0 Å². The van der Waals surface area contributed by atoms with Gasteiger partial charge in [-0.25, -0.2) is 0 Å². The zero-order valence-electron chi connectivity index (χ0n) is 29.2. The first kappa shape index (κ1) is 29.5. The zero-order chi connectivity index (χ0) is 35.4. The van der Waals surface area contributed by atoms with Crippen molar-refractivity contribution in [2.75, 3.05) is 4.90 Å². The van der Waals surface area contributed by atoms with Crippen LogP contribution in [0.4, 0.5) is 17.1 Å². The highest BCUT2D eigenvalue weighted by Crippen LogP contribution is 2.64. The lowest BCUT2D eigenvalue weighted by atomic mass is 9.70. The van der Waals surface area contributed by atoms with Crippen LogP contribution in [-0.2, 0) is 5.41 Å². The molecule has 0 amide bonds. The first-order valence-electron chi connectivity index (χ1n) is 18.5. The topological polar surface area (TPSA) is 21.7 Å². The minimum atomic E-state index is -0.459. The van der Waals surface area contributed by atoms with Crippen molar-refractivity contribution in [3.05, 3.63) is 210 Å². The summed E-state index contributed by atoms with van der Waals surface area (Å²) < 4.78 is 13.7. The van der Waals surface area contributed by atoms with E-state index in [2.05, 4.69) is 187 Å². The van der Waals surface area contributed by atoms with Gasteiger partial charge in [-0.15, -0.1) is 0 Å². The molecule has 252 valence electrons. The number of ether oxygens (including phenoxy) is 2. The molecule has 0 bridgehead atoms. The smallest absolute Gasteiger partial charge is 0.172 e. The van der Waals surface area contributed by atoms with Gasteiger partial charge in [0.25, 0.3) is 0 Å². The average Bonchev–Trinajstić information content (AvgIpc) is 3.69. The van der Waals surface area contributed by atoms with Crippen molar-refractivity contribution in [2.45, 2.75) is 5.41 Å². The maximum Gasteiger partial charge on any atom is 0.172 e. The molecule has 12 rings (SSSR count). The molecule has 3 nitrogen and oxygen atoms in total. The summed E-state index contributed by atoms with van der Waals surface area (Å²) in [7, 11) is 0. The number of anilines is 3. The van der Waals surface area contributed by atoms with Crippen LogP contribution in [0.3, 0.4) is 0 Å². The van der Waals surface area contributed by atoms with E-state index in [1.165, 1.54) is 66.1 Å². The Balaban J connectivity index is 1.04. The van der Waals surface area contributed by atoms with Gasteiger partial charge in [-0.1, -0.05) is 146 Å². The summed E-state index contributed by atoms with van der Waals surface area (Å²) in [6, 6.07) is 67.5. The largest absolute Gasteiger partial charge is 0.449 e. The van der Waals surface area contributed by atoms with Gasteiger partial charge in [0.05, 0.1) is 22.5 Å². The molecule has 2 aliphatic carbocycles. The minimum absolute atomic E-state index is 0.459. The molecule has 0 saturated carbocycles. The van der Waals surface area contributed by atoms with Gasteiger partial charge in [-0.3, -0.25) is 0 Å². The molecule has 54 heavy (non-hydrogen) atoms. The van der Waals surface area contributed by atoms with Crippen LogP contribution in [0, 0.1) is 0 Å². The molecule has 0 fully saturated rings. The molecule has 9 aromatic carbocycles. The number of hydrogen-bond acceptors (Lipinski definition) is 3. The second-order valence-corrected chi connectivity index (χ2v) is 14.4. The molecule has 1 aliphatic heterocycles. The molecule has 0 saturated heterocycles. The third-order valence-corrected chi connectivity index (χ3v) is 11.7. The molecule has 3 heteroatoms. The number of hydrogen-bond donors (Lipinski definition) is 0. The maximum absolute atomic E-state index is 6.97. The summed E-state index contributed by atoms with van der Waals surface area (Å²) in [4.78, 5) is 2.35. The van der Waals surface area contributed by atoms with Crippen molar-refractivity contribution in [1.82, 2.24) is 0 Å². The van der Waals surface area contributed by atoms with Gasteiger partial charge in [0.1, 0.15) is 0 Å². The molecule has 3 aliphatic rings. The van der Waals surface area contributed by atoms with Gasteiger partial charge < -0.3 is 14.4 Å².